The number of nitrogens with zero attached hydrogens (tertiary/aromatic N) is 1. The zero-order valence-electron chi connectivity index (χ0n) is 7.43. The molecule has 1 aromatic heterocycles. The largest absolute Gasteiger partial charge is 0.261 e. The van der Waals surface area contributed by atoms with Gasteiger partial charge in [-0.3, -0.25) is 4.98 Å². The fourth-order valence-corrected chi connectivity index (χ4v) is 1.95. The molecule has 60 valence electrons. The van der Waals surface area contributed by atoms with Crippen LogP contribution in [0.3, 0.4) is 0 Å². The molecule has 0 aromatic carbocycles. The van der Waals surface area contributed by atoms with E-state index in [1.807, 2.05) is 6.20 Å². The van der Waals surface area contributed by atoms with Crippen molar-refractivity contribution in [2.45, 2.75) is 25.7 Å². The van der Waals surface area contributed by atoms with Gasteiger partial charge in [0.1, 0.15) is 0 Å². The highest BCUT2D eigenvalue weighted by Gasteiger charge is 2.03. The third-order valence-electron chi connectivity index (χ3n) is 1.90. The van der Waals surface area contributed by atoms with Gasteiger partial charge in [-0.1, -0.05) is 0 Å². The Labute approximate surface area is 72.2 Å². The maximum atomic E-state index is 4.27. The molecule has 0 saturated heterocycles. The summed E-state index contributed by atoms with van der Waals surface area (Å²) >= 11 is 1.80. The number of aryl methyl sites for hydroxylation is 2. The second kappa shape index (κ2) is 3.26. The fraction of sp³-hybridized carbons (Fsp3) is 0.444. The van der Waals surface area contributed by atoms with Crippen molar-refractivity contribution >= 4 is 11.8 Å². The molecule has 0 aliphatic rings. The molecule has 0 saturated carbocycles. The molecule has 11 heavy (non-hydrogen) atoms. The summed E-state index contributed by atoms with van der Waals surface area (Å²) in [5.41, 5.74) is 3.73. The zero-order valence-corrected chi connectivity index (χ0v) is 8.25. The van der Waals surface area contributed by atoms with E-state index in [-0.39, 0.29) is 0 Å². The minimum absolute atomic E-state index is 1.14. The van der Waals surface area contributed by atoms with Crippen LogP contribution < -0.4 is 0 Å². The molecule has 1 rings (SSSR count). The van der Waals surface area contributed by atoms with Gasteiger partial charge in [-0.15, -0.1) is 11.8 Å². The predicted octanol–water partition coefficient (Wildman–Crippen LogP) is 2.73. The number of rotatable bonds is 1. The normalized spacial score (nSPS) is 10.2. The molecule has 0 amide bonds. The van der Waals surface area contributed by atoms with E-state index in [0.717, 1.165) is 5.69 Å². The van der Waals surface area contributed by atoms with Crippen LogP contribution in [0.4, 0.5) is 0 Å². The summed E-state index contributed by atoms with van der Waals surface area (Å²) in [5.74, 6) is 0. The Bertz CT molecular complexity index is 269. The van der Waals surface area contributed by atoms with Gasteiger partial charge in [-0.2, -0.15) is 0 Å². The van der Waals surface area contributed by atoms with Crippen molar-refractivity contribution in [1.29, 1.82) is 0 Å². The Morgan fingerprint density at radius 1 is 1.27 bits per heavy atom. The number of hydrogen-bond donors (Lipinski definition) is 0. The smallest absolute Gasteiger partial charge is 0.0413 e. The molecule has 0 bridgehead atoms. The van der Waals surface area contributed by atoms with Crippen molar-refractivity contribution < 1.29 is 0 Å². The van der Waals surface area contributed by atoms with E-state index < -0.39 is 0 Å². The van der Waals surface area contributed by atoms with Gasteiger partial charge in [0.15, 0.2) is 0 Å². The van der Waals surface area contributed by atoms with Gasteiger partial charge < -0.3 is 0 Å². The Morgan fingerprint density at radius 2 is 1.91 bits per heavy atom. The van der Waals surface area contributed by atoms with Crippen LogP contribution in [0, 0.1) is 20.8 Å². The van der Waals surface area contributed by atoms with Crippen LogP contribution in [0.15, 0.2) is 11.1 Å². The third kappa shape index (κ3) is 1.56. The van der Waals surface area contributed by atoms with Crippen LogP contribution in [-0.2, 0) is 0 Å². The molecule has 1 aromatic rings. The van der Waals surface area contributed by atoms with Gasteiger partial charge >= 0.3 is 0 Å². The minimum atomic E-state index is 1.14. The molecule has 0 N–H and O–H groups in total. The Morgan fingerprint density at radius 3 is 2.36 bits per heavy atom. The fourth-order valence-electron chi connectivity index (χ4n) is 1.12. The van der Waals surface area contributed by atoms with E-state index in [1.54, 1.807) is 11.8 Å². The van der Waals surface area contributed by atoms with Crippen molar-refractivity contribution in [3.63, 3.8) is 0 Å². The van der Waals surface area contributed by atoms with Gasteiger partial charge in [0, 0.05) is 16.8 Å². The molecule has 1 nitrogen and oxygen atoms in total. The lowest BCUT2D eigenvalue weighted by molar-refractivity contribution is 1.06. The summed E-state index contributed by atoms with van der Waals surface area (Å²) in [7, 11) is 0. The van der Waals surface area contributed by atoms with Crippen molar-refractivity contribution in [1.82, 2.24) is 4.98 Å². The van der Waals surface area contributed by atoms with Crippen molar-refractivity contribution in [2.75, 3.05) is 6.26 Å². The minimum Gasteiger partial charge on any atom is -0.261 e. The number of thioether (sulfide) groups is 1. The average molecular weight is 167 g/mol. The maximum absolute atomic E-state index is 4.27. The van der Waals surface area contributed by atoms with Gasteiger partial charge in [-0.05, 0) is 38.2 Å². The molecule has 0 aliphatic carbocycles. The number of pyridine rings is 1. The van der Waals surface area contributed by atoms with E-state index >= 15 is 0 Å². The van der Waals surface area contributed by atoms with Crippen molar-refractivity contribution in [3.05, 3.63) is 23.0 Å². The molecular weight excluding hydrogens is 154 g/mol. The SMILES string of the molecule is CSc1c(C)cnc(C)c1C. The first-order valence-corrected chi connectivity index (χ1v) is 4.86. The molecule has 0 atom stereocenters. The molecule has 0 fully saturated rings. The van der Waals surface area contributed by atoms with Crippen LogP contribution in [0.5, 0.6) is 0 Å². The van der Waals surface area contributed by atoms with Crippen LogP contribution in [0.1, 0.15) is 16.8 Å². The lowest BCUT2D eigenvalue weighted by Gasteiger charge is -2.07. The molecule has 0 radical (unpaired) electrons. The number of hydrogen-bond acceptors (Lipinski definition) is 2. The Kier molecular flexibility index (Phi) is 2.55. The van der Waals surface area contributed by atoms with E-state index in [1.165, 1.54) is 16.0 Å². The molecule has 2 heteroatoms. The summed E-state index contributed by atoms with van der Waals surface area (Å²) in [4.78, 5) is 5.65. The number of aromatic nitrogens is 1. The monoisotopic (exact) mass is 167 g/mol. The molecule has 0 unspecified atom stereocenters. The van der Waals surface area contributed by atoms with Crippen LogP contribution in [-0.4, -0.2) is 11.2 Å². The lowest BCUT2D eigenvalue weighted by Crippen LogP contribution is -1.91. The predicted molar refractivity (Wildman–Crippen MR) is 50.2 cm³/mol. The van der Waals surface area contributed by atoms with Gasteiger partial charge in [0.05, 0.1) is 0 Å². The Balaban J connectivity index is 3.29. The molecule has 0 aliphatic heterocycles. The Hall–Kier alpha value is -0.500. The highest BCUT2D eigenvalue weighted by atomic mass is 32.2. The first kappa shape index (κ1) is 8.60. The summed E-state index contributed by atoms with van der Waals surface area (Å²) in [6, 6.07) is 0. The standard InChI is InChI=1S/C9H13NS/c1-6-5-10-8(3)7(2)9(6)11-4/h5H,1-4H3. The summed E-state index contributed by atoms with van der Waals surface area (Å²) < 4.78 is 0. The summed E-state index contributed by atoms with van der Waals surface area (Å²) in [6.07, 6.45) is 4.04. The highest BCUT2D eigenvalue weighted by Crippen LogP contribution is 2.24. The van der Waals surface area contributed by atoms with Crippen molar-refractivity contribution in [3.8, 4) is 0 Å². The van der Waals surface area contributed by atoms with Crippen LogP contribution in [0.25, 0.3) is 0 Å². The van der Waals surface area contributed by atoms with Crippen molar-refractivity contribution in [2.24, 2.45) is 0 Å². The van der Waals surface area contributed by atoms with E-state index in [4.69, 9.17) is 0 Å². The zero-order chi connectivity index (χ0) is 8.43. The van der Waals surface area contributed by atoms with Gasteiger partial charge in [-0.25, -0.2) is 0 Å². The highest BCUT2D eigenvalue weighted by molar-refractivity contribution is 7.98. The van der Waals surface area contributed by atoms with E-state index in [0.29, 0.717) is 0 Å². The topological polar surface area (TPSA) is 12.9 Å². The lowest BCUT2D eigenvalue weighted by atomic mass is 10.2. The molecule has 0 spiro atoms. The summed E-state index contributed by atoms with van der Waals surface area (Å²) in [6.45, 7) is 6.28. The first-order chi connectivity index (χ1) is 5.16. The van der Waals surface area contributed by atoms with Gasteiger partial charge in [0.25, 0.3) is 0 Å². The maximum Gasteiger partial charge on any atom is 0.0413 e. The quantitative estimate of drug-likeness (QED) is 0.596. The molecule has 1 heterocycles. The van der Waals surface area contributed by atoms with Crippen LogP contribution >= 0.6 is 11.8 Å². The van der Waals surface area contributed by atoms with E-state index in [9.17, 15) is 0 Å². The van der Waals surface area contributed by atoms with Crippen LogP contribution in [0.2, 0.25) is 0 Å². The molecular formula is C9H13NS. The third-order valence-corrected chi connectivity index (χ3v) is 2.93. The second-order valence-electron chi connectivity index (χ2n) is 2.68. The average Bonchev–Trinajstić information content (AvgIpc) is 1.99. The second-order valence-corrected chi connectivity index (χ2v) is 3.50. The first-order valence-electron chi connectivity index (χ1n) is 3.63. The van der Waals surface area contributed by atoms with Gasteiger partial charge in [0.2, 0.25) is 0 Å². The van der Waals surface area contributed by atoms with E-state index in [2.05, 4.69) is 32.0 Å². The summed E-state index contributed by atoms with van der Waals surface area (Å²) in [5, 5.41) is 0.